The Balaban J connectivity index is 1.91. The number of carbonyl (C=O) groups excluding carboxylic acids is 1. The van der Waals surface area contributed by atoms with Crippen LogP contribution in [0, 0.1) is 22.5 Å². The van der Waals surface area contributed by atoms with Gasteiger partial charge in [0.15, 0.2) is 11.0 Å². The molecule has 0 unspecified atom stereocenters. The summed E-state index contributed by atoms with van der Waals surface area (Å²) < 4.78 is 1.83. The van der Waals surface area contributed by atoms with Crippen molar-refractivity contribution in [3.63, 3.8) is 0 Å². The van der Waals surface area contributed by atoms with Crippen LogP contribution >= 0.6 is 11.8 Å². The molecule has 0 spiro atoms. The monoisotopic (exact) mass is 439 g/mol. The Hall–Kier alpha value is -3.20. The number of hydrogen-bond donors (Lipinski definition) is 1. The lowest BCUT2D eigenvalue weighted by Crippen LogP contribution is -2.35. The smallest absolute Gasteiger partial charge is 0.269 e. The summed E-state index contributed by atoms with van der Waals surface area (Å²) in [6.07, 6.45) is 0. The number of hydrogen-bond acceptors (Lipinski definition) is 6. The largest absolute Gasteiger partial charge is 0.348 e. The van der Waals surface area contributed by atoms with Crippen LogP contribution in [0.2, 0.25) is 0 Å². The van der Waals surface area contributed by atoms with Crippen LogP contribution in [0.25, 0.3) is 5.69 Å². The van der Waals surface area contributed by atoms with E-state index < -0.39 is 10.3 Å². The first kappa shape index (κ1) is 22.5. The lowest BCUT2D eigenvalue weighted by molar-refractivity contribution is -0.384. The van der Waals surface area contributed by atoms with Crippen LogP contribution < -0.4 is 5.32 Å². The van der Waals surface area contributed by atoms with Crippen LogP contribution in [-0.2, 0) is 17.1 Å². The fourth-order valence-electron chi connectivity index (χ4n) is 2.83. The van der Waals surface area contributed by atoms with Crippen LogP contribution in [0.15, 0.2) is 53.7 Å². The van der Waals surface area contributed by atoms with Gasteiger partial charge in [-0.2, -0.15) is 0 Å². The number of carbonyl (C=O) groups is 1. The predicted octanol–water partition coefficient (Wildman–Crippen LogP) is 4.44. The first-order chi connectivity index (χ1) is 14.7. The third-order valence-corrected chi connectivity index (χ3v) is 5.70. The lowest BCUT2D eigenvalue weighted by Gasteiger charge is -2.18. The van der Waals surface area contributed by atoms with Crippen molar-refractivity contribution in [3.05, 3.63) is 75.6 Å². The minimum atomic E-state index is -0.527. The molecule has 0 aliphatic heterocycles. The Labute approximate surface area is 185 Å². The Kier molecular flexibility index (Phi) is 6.74. The second kappa shape index (κ2) is 9.30. The predicted molar refractivity (Wildman–Crippen MR) is 120 cm³/mol. The molecule has 1 aromatic heterocycles. The highest BCUT2D eigenvalue weighted by molar-refractivity contribution is 7.98. The molecule has 0 fully saturated rings. The normalized spacial score (nSPS) is 11.4. The third kappa shape index (κ3) is 5.49. The molecular weight excluding hydrogens is 414 g/mol. The number of amides is 1. The lowest BCUT2D eigenvalue weighted by atomic mass is 9.96. The zero-order chi connectivity index (χ0) is 22.6. The number of aromatic nitrogens is 3. The van der Waals surface area contributed by atoms with Crippen molar-refractivity contribution >= 4 is 23.4 Å². The van der Waals surface area contributed by atoms with Crippen LogP contribution in [0.1, 0.15) is 37.7 Å². The van der Waals surface area contributed by atoms with E-state index in [4.69, 9.17) is 0 Å². The summed E-state index contributed by atoms with van der Waals surface area (Å²) in [6.45, 7) is 7.78. The Bertz CT molecular complexity index is 1090. The molecule has 3 aromatic rings. The summed E-state index contributed by atoms with van der Waals surface area (Å²) in [5.41, 5.74) is 2.56. The molecule has 3 rings (SSSR count). The van der Waals surface area contributed by atoms with E-state index in [-0.39, 0.29) is 18.1 Å². The minimum absolute atomic E-state index is 0.00789. The van der Waals surface area contributed by atoms with Gasteiger partial charge in [-0.05, 0) is 30.2 Å². The fraction of sp³-hybridized carbons (Fsp3) is 0.318. The molecule has 1 amide bonds. The molecular formula is C22H25N5O3S. The summed E-state index contributed by atoms with van der Waals surface area (Å²) in [5.74, 6) is 1.16. The summed E-state index contributed by atoms with van der Waals surface area (Å²) in [7, 11) is 0. The van der Waals surface area contributed by atoms with E-state index in [1.807, 2.05) is 37.5 Å². The Morgan fingerprint density at radius 3 is 2.42 bits per heavy atom. The molecule has 0 saturated heterocycles. The maximum atomic E-state index is 12.3. The van der Waals surface area contributed by atoms with Crippen LogP contribution in [0.3, 0.4) is 0 Å². The number of benzene rings is 2. The molecule has 1 N–H and O–H groups in total. The average Bonchev–Trinajstić information content (AvgIpc) is 3.13. The average molecular weight is 440 g/mol. The standard InChI is InChI=1S/C22H25N5O3S/c1-15-7-5-6-8-16(15)14-31-21-25-24-19(13-23-20(28)22(2,3)4)26(21)17-9-11-18(12-10-17)27(29)30/h5-12H,13-14H2,1-4H3,(H,23,28). The van der Waals surface area contributed by atoms with Gasteiger partial charge in [-0.3, -0.25) is 19.5 Å². The van der Waals surface area contributed by atoms with E-state index in [0.717, 1.165) is 0 Å². The number of non-ortho nitro benzene ring substituents is 1. The van der Waals surface area contributed by atoms with Crippen molar-refractivity contribution in [2.45, 2.75) is 45.1 Å². The van der Waals surface area contributed by atoms with Gasteiger partial charge in [-0.25, -0.2) is 0 Å². The molecule has 162 valence electrons. The van der Waals surface area contributed by atoms with Gasteiger partial charge in [0.2, 0.25) is 5.91 Å². The third-order valence-electron chi connectivity index (χ3n) is 4.73. The Morgan fingerprint density at radius 2 is 1.81 bits per heavy atom. The van der Waals surface area contributed by atoms with Gasteiger partial charge in [-0.1, -0.05) is 56.8 Å². The number of aryl methyl sites for hydroxylation is 1. The van der Waals surface area contributed by atoms with Crippen LogP contribution in [-0.4, -0.2) is 25.6 Å². The van der Waals surface area contributed by atoms with Gasteiger partial charge < -0.3 is 5.32 Å². The van der Waals surface area contributed by atoms with Crippen LogP contribution in [0.4, 0.5) is 5.69 Å². The SMILES string of the molecule is Cc1ccccc1CSc1nnc(CNC(=O)C(C)(C)C)n1-c1ccc([N+](=O)[O-])cc1. The maximum absolute atomic E-state index is 12.3. The number of nitrogens with zero attached hydrogens (tertiary/aromatic N) is 4. The minimum Gasteiger partial charge on any atom is -0.348 e. The number of nitro groups is 1. The van der Waals surface area contributed by atoms with E-state index in [2.05, 4.69) is 34.6 Å². The van der Waals surface area contributed by atoms with Gasteiger partial charge in [0, 0.05) is 29.0 Å². The van der Waals surface area contributed by atoms with Gasteiger partial charge in [-0.15, -0.1) is 10.2 Å². The molecule has 0 bridgehead atoms. The molecule has 31 heavy (non-hydrogen) atoms. The van der Waals surface area contributed by atoms with Crippen molar-refractivity contribution in [2.24, 2.45) is 5.41 Å². The molecule has 0 saturated carbocycles. The van der Waals surface area contributed by atoms with Gasteiger partial charge in [0.25, 0.3) is 5.69 Å². The summed E-state index contributed by atoms with van der Waals surface area (Å²) >= 11 is 1.52. The van der Waals surface area contributed by atoms with Crippen LogP contribution in [0.5, 0.6) is 0 Å². The van der Waals surface area contributed by atoms with E-state index in [1.165, 1.54) is 35.0 Å². The summed E-state index contributed by atoms with van der Waals surface area (Å²) in [4.78, 5) is 22.9. The first-order valence-corrected chi connectivity index (χ1v) is 10.8. The van der Waals surface area contributed by atoms with E-state index in [9.17, 15) is 14.9 Å². The van der Waals surface area contributed by atoms with Gasteiger partial charge in [0.05, 0.1) is 11.5 Å². The fourth-order valence-corrected chi connectivity index (χ4v) is 3.88. The highest BCUT2D eigenvalue weighted by atomic mass is 32.2. The molecule has 0 radical (unpaired) electrons. The first-order valence-electron chi connectivity index (χ1n) is 9.81. The molecule has 0 aliphatic carbocycles. The van der Waals surface area contributed by atoms with Crippen molar-refractivity contribution in [1.29, 1.82) is 0 Å². The molecule has 8 nitrogen and oxygen atoms in total. The summed E-state index contributed by atoms with van der Waals surface area (Å²) in [5, 5.41) is 23.2. The zero-order valence-corrected chi connectivity index (χ0v) is 18.8. The highest BCUT2D eigenvalue weighted by Crippen LogP contribution is 2.27. The molecule has 0 aliphatic rings. The topological polar surface area (TPSA) is 103 Å². The molecule has 1 heterocycles. The number of rotatable bonds is 7. The van der Waals surface area contributed by atoms with E-state index in [0.29, 0.717) is 22.4 Å². The van der Waals surface area contributed by atoms with E-state index >= 15 is 0 Å². The second-order valence-electron chi connectivity index (χ2n) is 8.16. The highest BCUT2D eigenvalue weighted by Gasteiger charge is 2.22. The van der Waals surface area contributed by atoms with Crippen molar-refractivity contribution in [1.82, 2.24) is 20.1 Å². The van der Waals surface area contributed by atoms with Crippen molar-refractivity contribution in [3.8, 4) is 5.69 Å². The zero-order valence-electron chi connectivity index (χ0n) is 18.0. The maximum Gasteiger partial charge on any atom is 0.269 e. The van der Waals surface area contributed by atoms with E-state index in [1.54, 1.807) is 12.1 Å². The number of thioether (sulfide) groups is 1. The second-order valence-corrected chi connectivity index (χ2v) is 9.10. The van der Waals surface area contributed by atoms with Gasteiger partial charge in [0.1, 0.15) is 0 Å². The number of nitro benzene ring substituents is 1. The summed E-state index contributed by atoms with van der Waals surface area (Å²) in [6, 6.07) is 14.3. The quantitative estimate of drug-likeness (QED) is 0.332. The Morgan fingerprint density at radius 1 is 1.13 bits per heavy atom. The van der Waals surface area contributed by atoms with Crippen molar-refractivity contribution in [2.75, 3.05) is 0 Å². The molecule has 0 atom stereocenters. The molecule has 9 heteroatoms. The number of nitrogens with one attached hydrogen (secondary N) is 1. The molecule has 2 aromatic carbocycles. The van der Waals surface area contributed by atoms with Crippen molar-refractivity contribution < 1.29 is 9.72 Å². The van der Waals surface area contributed by atoms with Gasteiger partial charge >= 0.3 is 0 Å².